The Balaban J connectivity index is 3.37. The number of nitriles is 3. The third-order valence-electron chi connectivity index (χ3n) is 2.08. The van der Waals surface area contributed by atoms with Crippen LogP contribution in [-0.4, -0.2) is 13.0 Å². The van der Waals surface area contributed by atoms with Crippen LogP contribution in [0.1, 0.15) is 0 Å². The number of rotatable bonds is 3. The van der Waals surface area contributed by atoms with E-state index in [9.17, 15) is 12.8 Å². The highest BCUT2D eigenvalue weighted by molar-refractivity contribution is 7.85. The first-order valence-electron chi connectivity index (χ1n) is 4.82. The summed E-state index contributed by atoms with van der Waals surface area (Å²) in [6.07, 6.45) is 0. The maximum atomic E-state index is 13.5. The highest BCUT2D eigenvalue weighted by Gasteiger charge is 2.15. The molecule has 0 aliphatic heterocycles. The predicted octanol–water partition coefficient (Wildman–Crippen LogP) is 1.31. The van der Waals surface area contributed by atoms with Crippen molar-refractivity contribution in [2.75, 3.05) is 5.32 Å². The molecule has 0 saturated heterocycles. The highest BCUT2D eigenvalue weighted by atomic mass is 32.2. The third kappa shape index (κ3) is 3.30. The van der Waals surface area contributed by atoms with Crippen molar-refractivity contribution in [2.24, 2.45) is 0 Å². The standard InChI is InChI=1S/C11H5FN4O3S/c12-9-2-1-8(20(17,18)19)3-10(9)16-11(6-15)7(4-13)5-14/h1-3,16H,(H,17,18,19). The van der Waals surface area contributed by atoms with Gasteiger partial charge in [-0.2, -0.15) is 24.2 Å². The van der Waals surface area contributed by atoms with Crippen LogP contribution in [0.5, 0.6) is 0 Å². The second kappa shape index (κ2) is 5.81. The summed E-state index contributed by atoms with van der Waals surface area (Å²) in [5.74, 6) is -0.930. The maximum absolute atomic E-state index is 13.5. The molecule has 0 unspecified atom stereocenters. The summed E-state index contributed by atoms with van der Waals surface area (Å²) >= 11 is 0. The van der Waals surface area contributed by atoms with Gasteiger partial charge in [0, 0.05) is 0 Å². The molecular formula is C11H5FN4O3S. The first kappa shape index (κ1) is 15.1. The van der Waals surface area contributed by atoms with Gasteiger partial charge in [-0.05, 0) is 18.2 Å². The molecule has 0 aliphatic rings. The fourth-order valence-electron chi connectivity index (χ4n) is 1.18. The van der Waals surface area contributed by atoms with Gasteiger partial charge in [0.05, 0.1) is 10.6 Å². The summed E-state index contributed by atoms with van der Waals surface area (Å²) in [4.78, 5) is -0.603. The van der Waals surface area contributed by atoms with Crippen LogP contribution >= 0.6 is 0 Å². The summed E-state index contributed by atoms with van der Waals surface area (Å²) in [7, 11) is -4.55. The lowest BCUT2D eigenvalue weighted by Gasteiger charge is -2.07. The number of nitrogens with one attached hydrogen (secondary N) is 1. The van der Waals surface area contributed by atoms with Crippen LogP contribution in [0.2, 0.25) is 0 Å². The molecule has 1 aromatic carbocycles. The molecule has 7 nitrogen and oxygen atoms in total. The molecule has 20 heavy (non-hydrogen) atoms. The summed E-state index contributed by atoms with van der Waals surface area (Å²) < 4.78 is 44.2. The smallest absolute Gasteiger partial charge is 0.294 e. The first-order chi connectivity index (χ1) is 9.33. The van der Waals surface area contributed by atoms with Gasteiger partial charge in [0.15, 0.2) is 5.57 Å². The summed E-state index contributed by atoms with van der Waals surface area (Å²) in [6.45, 7) is 0. The molecule has 0 aliphatic carbocycles. The lowest BCUT2D eigenvalue weighted by molar-refractivity contribution is 0.483. The van der Waals surface area contributed by atoms with Crippen LogP contribution in [0.15, 0.2) is 34.4 Å². The van der Waals surface area contributed by atoms with Gasteiger partial charge in [-0.15, -0.1) is 0 Å². The molecule has 0 saturated carbocycles. The van der Waals surface area contributed by atoms with Gasteiger partial charge in [0.2, 0.25) is 0 Å². The molecule has 0 spiro atoms. The van der Waals surface area contributed by atoms with Gasteiger partial charge in [0.25, 0.3) is 10.1 Å². The predicted molar refractivity (Wildman–Crippen MR) is 63.7 cm³/mol. The molecule has 2 N–H and O–H groups in total. The summed E-state index contributed by atoms with van der Waals surface area (Å²) in [5.41, 5.74) is -1.61. The molecule has 0 fully saturated rings. The van der Waals surface area contributed by atoms with Gasteiger partial charge < -0.3 is 5.32 Å². The van der Waals surface area contributed by atoms with E-state index in [1.807, 2.05) is 0 Å². The number of halogens is 1. The van der Waals surface area contributed by atoms with Crippen molar-refractivity contribution in [1.29, 1.82) is 15.8 Å². The van der Waals surface area contributed by atoms with Crippen molar-refractivity contribution >= 4 is 15.8 Å². The van der Waals surface area contributed by atoms with E-state index in [-0.39, 0.29) is 0 Å². The summed E-state index contributed by atoms with van der Waals surface area (Å²) in [5, 5.41) is 28.1. The van der Waals surface area contributed by atoms with E-state index in [0.717, 1.165) is 18.2 Å². The molecular weight excluding hydrogens is 287 g/mol. The number of nitrogens with zero attached hydrogens (tertiary/aromatic N) is 3. The zero-order valence-corrected chi connectivity index (χ0v) is 10.4. The van der Waals surface area contributed by atoms with Crippen molar-refractivity contribution in [2.45, 2.75) is 4.90 Å². The number of anilines is 1. The maximum Gasteiger partial charge on any atom is 0.294 e. The topological polar surface area (TPSA) is 138 Å². The molecule has 0 bridgehead atoms. The Bertz CT molecular complexity index is 794. The first-order valence-corrected chi connectivity index (χ1v) is 6.26. The number of benzene rings is 1. The second-order valence-corrected chi connectivity index (χ2v) is 4.75. The zero-order valence-electron chi connectivity index (χ0n) is 9.62. The molecule has 1 aromatic rings. The minimum atomic E-state index is -4.55. The van der Waals surface area contributed by atoms with Crippen LogP contribution < -0.4 is 5.32 Å². The molecule has 0 aromatic heterocycles. The number of hydrogen-bond donors (Lipinski definition) is 2. The van der Waals surface area contributed by atoms with E-state index in [2.05, 4.69) is 5.32 Å². The van der Waals surface area contributed by atoms with Crippen LogP contribution in [-0.2, 0) is 10.1 Å². The fraction of sp³-hybridized carbons (Fsp3) is 0. The molecule has 0 atom stereocenters. The molecule has 0 heterocycles. The highest BCUT2D eigenvalue weighted by Crippen LogP contribution is 2.21. The molecule has 0 amide bonds. The molecule has 9 heteroatoms. The van der Waals surface area contributed by atoms with Gasteiger partial charge in [-0.3, -0.25) is 4.55 Å². The zero-order chi connectivity index (χ0) is 15.3. The van der Waals surface area contributed by atoms with Gasteiger partial charge in [-0.25, -0.2) is 4.39 Å². The molecule has 0 radical (unpaired) electrons. The molecule has 100 valence electrons. The SMILES string of the molecule is N#CC(C#N)=C(C#N)Nc1cc(S(=O)(=O)O)ccc1F. The van der Waals surface area contributed by atoms with E-state index in [1.165, 1.54) is 18.2 Å². The third-order valence-corrected chi connectivity index (χ3v) is 2.93. The van der Waals surface area contributed by atoms with Gasteiger partial charge in [0.1, 0.15) is 29.7 Å². The Kier molecular flexibility index (Phi) is 4.39. The van der Waals surface area contributed by atoms with Crippen molar-refractivity contribution in [3.05, 3.63) is 35.3 Å². The average molecular weight is 292 g/mol. The minimum absolute atomic E-state index is 0.473. The monoisotopic (exact) mass is 292 g/mol. The van der Waals surface area contributed by atoms with Crippen LogP contribution in [0.25, 0.3) is 0 Å². The van der Waals surface area contributed by atoms with E-state index >= 15 is 0 Å². The van der Waals surface area contributed by atoms with Gasteiger partial charge in [-0.1, -0.05) is 0 Å². The van der Waals surface area contributed by atoms with Crippen molar-refractivity contribution in [1.82, 2.24) is 0 Å². The van der Waals surface area contributed by atoms with Crippen molar-refractivity contribution < 1.29 is 17.4 Å². The fourth-order valence-corrected chi connectivity index (χ4v) is 1.69. The quantitative estimate of drug-likeness (QED) is 0.632. The van der Waals surface area contributed by atoms with E-state index in [4.69, 9.17) is 20.3 Å². The van der Waals surface area contributed by atoms with Crippen LogP contribution in [0.3, 0.4) is 0 Å². The van der Waals surface area contributed by atoms with Gasteiger partial charge >= 0.3 is 0 Å². The lowest BCUT2D eigenvalue weighted by Crippen LogP contribution is -2.05. The average Bonchev–Trinajstić information content (AvgIpc) is 2.39. The lowest BCUT2D eigenvalue weighted by atomic mass is 10.2. The van der Waals surface area contributed by atoms with E-state index in [1.54, 1.807) is 0 Å². The Labute approximate surface area is 113 Å². The second-order valence-electron chi connectivity index (χ2n) is 3.33. The van der Waals surface area contributed by atoms with E-state index in [0.29, 0.717) is 0 Å². The van der Waals surface area contributed by atoms with Crippen LogP contribution in [0.4, 0.5) is 10.1 Å². The largest absolute Gasteiger partial charge is 0.343 e. The minimum Gasteiger partial charge on any atom is -0.343 e. The van der Waals surface area contributed by atoms with Crippen molar-refractivity contribution in [3.8, 4) is 18.2 Å². The Morgan fingerprint density at radius 2 is 1.80 bits per heavy atom. The normalized spacial score (nSPS) is 9.75. The van der Waals surface area contributed by atoms with Crippen LogP contribution in [0, 0.1) is 39.8 Å². The number of hydrogen-bond acceptors (Lipinski definition) is 6. The number of allylic oxidation sites excluding steroid dienone is 2. The van der Waals surface area contributed by atoms with Crippen molar-refractivity contribution in [3.63, 3.8) is 0 Å². The Hall–Kier alpha value is -2.93. The Morgan fingerprint density at radius 1 is 1.20 bits per heavy atom. The van der Waals surface area contributed by atoms with E-state index < -0.39 is 37.8 Å². The molecule has 1 rings (SSSR count). The Morgan fingerprint density at radius 3 is 2.25 bits per heavy atom. The summed E-state index contributed by atoms with van der Waals surface area (Å²) in [6, 6.07) is 6.64.